The summed E-state index contributed by atoms with van der Waals surface area (Å²) in [5.41, 5.74) is 0.743. The number of carbonyl (C=O) groups is 1. The van der Waals surface area contributed by atoms with Crippen LogP contribution in [0.4, 0.5) is 5.69 Å². The number of aromatic hydroxyl groups is 1. The lowest BCUT2D eigenvalue weighted by molar-refractivity contribution is -0.117. The zero-order valence-electron chi connectivity index (χ0n) is 8.03. The predicted molar refractivity (Wildman–Crippen MR) is 54.0 cm³/mol. The highest BCUT2D eigenvalue weighted by atomic mass is 16.3. The average Bonchev–Trinajstić information content (AvgIpc) is 2.87. The van der Waals surface area contributed by atoms with Crippen LogP contribution in [0, 0.1) is 11.8 Å². The van der Waals surface area contributed by atoms with Crippen LogP contribution < -0.4 is 5.32 Å². The monoisotopic (exact) mass is 191 g/mol. The first-order valence-electron chi connectivity index (χ1n) is 4.76. The second-order valence-electron chi connectivity index (χ2n) is 3.86. The van der Waals surface area contributed by atoms with E-state index in [1.165, 1.54) is 0 Å². The van der Waals surface area contributed by atoms with E-state index < -0.39 is 0 Å². The third kappa shape index (κ3) is 1.87. The summed E-state index contributed by atoms with van der Waals surface area (Å²) in [4.78, 5) is 11.5. The topological polar surface area (TPSA) is 49.3 Å². The highest BCUT2D eigenvalue weighted by molar-refractivity contribution is 5.94. The molecule has 1 aromatic rings. The number of anilines is 1. The molecule has 1 aliphatic rings. The molecule has 1 aromatic carbocycles. The van der Waals surface area contributed by atoms with Crippen molar-refractivity contribution in [3.63, 3.8) is 0 Å². The first kappa shape index (κ1) is 9.06. The third-order valence-corrected chi connectivity index (χ3v) is 2.58. The van der Waals surface area contributed by atoms with Gasteiger partial charge >= 0.3 is 0 Å². The fourth-order valence-electron chi connectivity index (χ4n) is 1.47. The van der Waals surface area contributed by atoms with Crippen molar-refractivity contribution in [2.45, 2.75) is 13.3 Å². The zero-order valence-corrected chi connectivity index (χ0v) is 8.03. The number of amides is 1. The lowest BCUT2D eigenvalue weighted by atomic mass is 10.2. The Morgan fingerprint density at radius 2 is 2.00 bits per heavy atom. The van der Waals surface area contributed by atoms with E-state index in [0.717, 1.165) is 12.1 Å². The van der Waals surface area contributed by atoms with E-state index in [-0.39, 0.29) is 17.6 Å². The van der Waals surface area contributed by atoms with Gasteiger partial charge in [0.15, 0.2) is 0 Å². The summed E-state index contributed by atoms with van der Waals surface area (Å²) in [7, 11) is 0. The highest BCUT2D eigenvalue weighted by Crippen LogP contribution is 2.38. The average molecular weight is 191 g/mol. The molecule has 14 heavy (non-hydrogen) atoms. The molecule has 0 saturated heterocycles. The maximum absolute atomic E-state index is 11.5. The molecule has 2 atom stereocenters. The zero-order chi connectivity index (χ0) is 10.1. The minimum atomic E-state index is 0.0863. The van der Waals surface area contributed by atoms with Crippen LogP contribution in [0.1, 0.15) is 13.3 Å². The maximum atomic E-state index is 11.5. The summed E-state index contributed by atoms with van der Waals surface area (Å²) >= 11 is 0. The molecule has 2 unspecified atom stereocenters. The fourth-order valence-corrected chi connectivity index (χ4v) is 1.47. The van der Waals surface area contributed by atoms with Gasteiger partial charge in [-0.2, -0.15) is 0 Å². The summed E-state index contributed by atoms with van der Waals surface area (Å²) in [6.07, 6.45) is 0.990. The largest absolute Gasteiger partial charge is 0.508 e. The smallest absolute Gasteiger partial charge is 0.227 e. The van der Waals surface area contributed by atoms with Crippen LogP contribution in [-0.4, -0.2) is 11.0 Å². The van der Waals surface area contributed by atoms with Crippen molar-refractivity contribution in [2.24, 2.45) is 11.8 Å². The first-order valence-corrected chi connectivity index (χ1v) is 4.76. The maximum Gasteiger partial charge on any atom is 0.227 e. The molecule has 0 heterocycles. The quantitative estimate of drug-likeness (QED) is 0.702. The number of hydrogen-bond donors (Lipinski definition) is 2. The minimum Gasteiger partial charge on any atom is -0.508 e. The molecule has 2 rings (SSSR count). The third-order valence-electron chi connectivity index (χ3n) is 2.58. The lowest BCUT2D eigenvalue weighted by Crippen LogP contribution is -2.14. The van der Waals surface area contributed by atoms with Gasteiger partial charge < -0.3 is 10.4 Å². The number of phenols is 1. The molecule has 0 bridgehead atoms. The van der Waals surface area contributed by atoms with Crippen LogP contribution in [0.3, 0.4) is 0 Å². The van der Waals surface area contributed by atoms with Crippen LogP contribution in [0.2, 0.25) is 0 Å². The number of carbonyl (C=O) groups excluding carboxylic acids is 1. The van der Waals surface area contributed by atoms with Crippen molar-refractivity contribution in [1.82, 2.24) is 0 Å². The molecule has 74 valence electrons. The van der Waals surface area contributed by atoms with Crippen molar-refractivity contribution in [3.8, 4) is 5.75 Å². The number of benzene rings is 1. The van der Waals surface area contributed by atoms with Crippen molar-refractivity contribution in [1.29, 1.82) is 0 Å². The Labute approximate surface area is 82.8 Å². The van der Waals surface area contributed by atoms with E-state index in [1.807, 2.05) is 0 Å². The Hall–Kier alpha value is -1.51. The second kappa shape index (κ2) is 3.33. The highest BCUT2D eigenvalue weighted by Gasteiger charge is 2.38. The number of rotatable bonds is 2. The standard InChI is InChI=1S/C11H13NO2/c1-7-6-10(7)11(14)12-8-2-4-9(13)5-3-8/h2-5,7,10,13H,6H2,1H3,(H,12,14). The molecule has 2 N–H and O–H groups in total. The Morgan fingerprint density at radius 1 is 1.43 bits per heavy atom. The SMILES string of the molecule is CC1CC1C(=O)Nc1ccc(O)cc1. The molecule has 0 spiro atoms. The molecule has 0 radical (unpaired) electrons. The van der Waals surface area contributed by atoms with Gasteiger partial charge in [-0.25, -0.2) is 0 Å². The van der Waals surface area contributed by atoms with Gasteiger partial charge in [-0.1, -0.05) is 6.92 Å². The van der Waals surface area contributed by atoms with Gasteiger partial charge in [0.1, 0.15) is 5.75 Å². The van der Waals surface area contributed by atoms with Crippen molar-refractivity contribution < 1.29 is 9.90 Å². The molecule has 1 fully saturated rings. The molecular weight excluding hydrogens is 178 g/mol. The fraction of sp³-hybridized carbons (Fsp3) is 0.364. The van der Waals surface area contributed by atoms with E-state index in [1.54, 1.807) is 24.3 Å². The first-order chi connectivity index (χ1) is 6.66. The van der Waals surface area contributed by atoms with Crippen LogP contribution in [0.5, 0.6) is 5.75 Å². The molecule has 1 saturated carbocycles. The Bertz CT molecular complexity index is 345. The van der Waals surface area contributed by atoms with Gasteiger partial charge in [0.05, 0.1) is 0 Å². The number of hydrogen-bond acceptors (Lipinski definition) is 2. The molecule has 1 aliphatic carbocycles. The van der Waals surface area contributed by atoms with Crippen LogP contribution in [0.25, 0.3) is 0 Å². The molecular formula is C11H13NO2. The van der Waals surface area contributed by atoms with E-state index in [4.69, 9.17) is 5.11 Å². The molecule has 1 amide bonds. The second-order valence-corrected chi connectivity index (χ2v) is 3.86. The summed E-state index contributed by atoms with van der Waals surface area (Å²) in [6.45, 7) is 2.07. The van der Waals surface area contributed by atoms with E-state index in [0.29, 0.717) is 5.92 Å². The molecule has 0 aromatic heterocycles. The molecule has 3 heteroatoms. The van der Waals surface area contributed by atoms with Gasteiger partial charge in [0.2, 0.25) is 5.91 Å². The Balaban J connectivity index is 1.97. The van der Waals surface area contributed by atoms with Crippen LogP contribution in [-0.2, 0) is 4.79 Å². The van der Waals surface area contributed by atoms with E-state index in [2.05, 4.69) is 12.2 Å². The van der Waals surface area contributed by atoms with Gasteiger partial charge in [-0.15, -0.1) is 0 Å². The van der Waals surface area contributed by atoms with Crippen LogP contribution >= 0.6 is 0 Å². The van der Waals surface area contributed by atoms with E-state index >= 15 is 0 Å². The number of nitrogens with one attached hydrogen (secondary N) is 1. The van der Waals surface area contributed by atoms with E-state index in [9.17, 15) is 4.79 Å². The Morgan fingerprint density at radius 3 is 2.50 bits per heavy atom. The molecule has 0 aliphatic heterocycles. The van der Waals surface area contributed by atoms with Crippen LogP contribution in [0.15, 0.2) is 24.3 Å². The summed E-state index contributed by atoms with van der Waals surface area (Å²) in [6, 6.07) is 6.51. The van der Waals surface area contributed by atoms with Gasteiger partial charge in [-0.3, -0.25) is 4.79 Å². The predicted octanol–water partition coefficient (Wildman–Crippen LogP) is 1.99. The lowest BCUT2D eigenvalue weighted by Gasteiger charge is -2.03. The summed E-state index contributed by atoms with van der Waals surface area (Å²) in [5, 5.41) is 11.9. The van der Waals surface area contributed by atoms with Crippen molar-refractivity contribution in [3.05, 3.63) is 24.3 Å². The summed E-state index contributed by atoms with van der Waals surface area (Å²) in [5.74, 6) is 1.00. The van der Waals surface area contributed by atoms with Gasteiger partial charge in [0, 0.05) is 11.6 Å². The normalized spacial score (nSPS) is 24.4. The minimum absolute atomic E-state index is 0.0863. The molecule has 3 nitrogen and oxygen atoms in total. The van der Waals surface area contributed by atoms with Crippen molar-refractivity contribution >= 4 is 11.6 Å². The van der Waals surface area contributed by atoms with Gasteiger partial charge in [-0.05, 0) is 36.6 Å². The summed E-state index contributed by atoms with van der Waals surface area (Å²) < 4.78 is 0. The number of phenolic OH excluding ortho intramolecular Hbond substituents is 1. The van der Waals surface area contributed by atoms with Crippen molar-refractivity contribution in [2.75, 3.05) is 5.32 Å². The van der Waals surface area contributed by atoms with Gasteiger partial charge in [0.25, 0.3) is 0 Å². The Kier molecular flexibility index (Phi) is 2.15.